The van der Waals surface area contributed by atoms with Crippen LogP contribution in [0.25, 0.3) is 0 Å². The number of amides is 5. The van der Waals surface area contributed by atoms with Crippen LogP contribution in [0.5, 0.6) is 0 Å². The first-order chi connectivity index (χ1) is 13.5. The molecule has 0 aliphatic carbocycles. The Balaban J connectivity index is 1.39. The van der Waals surface area contributed by atoms with Gasteiger partial charge in [0, 0.05) is 38.1 Å². The SMILES string of the molecule is O=C1CCN(N2C(=O)c3ccc(CN4C5CCC4CNC5)cc3C2=O)C(=O)N1. The van der Waals surface area contributed by atoms with Crippen molar-refractivity contribution in [1.29, 1.82) is 0 Å². The number of imide groups is 2. The molecule has 2 N–H and O–H groups in total. The Morgan fingerprint density at radius 1 is 0.964 bits per heavy atom. The molecule has 28 heavy (non-hydrogen) atoms. The van der Waals surface area contributed by atoms with E-state index in [2.05, 4.69) is 15.5 Å². The Hall–Kier alpha value is -2.78. The highest BCUT2D eigenvalue weighted by Crippen LogP contribution is 2.31. The lowest BCUT2D eigenvalue weighted by atomic mass is 10.0. The van der Waals surface area contributed by atoms with Crippen LogP contribution in [0.3, 0.4) is 0 Å². The Labute approximate surface area is 161 Å². The van der Waals surface area contributed by atoms with Gasteiger partial charge in [-0.1, -0.05) is 6.07 Å². The molecular weight excluding hydrogens is 362 g/mol. The second-order valence-electron chi connectivity index (χ2n) is 7.74. The molecule has 9 heteroatoms. The molecule has 2 bridgehead atoms. The smallest absolute Gasteiger partial charge is 0.314 e. The molecule has 2 unspecified atom stereocenters. The molecule has 2 atom stereocenters. The molecule has 0 saturated carbocycles. The lowest BCUT2D eigenvalue weighted by Gasteiger charge is -2.35. The predicted octanol–water partition coefficient (Wildman–Crippen LogP) is 0.0757. The van der Waals surface area contributed by atoms with Crippen LogP contribution in [0.4, 0.5) is 4.79 Å². The Kier molecular flexibility index (Phi) is 3.95. The normalized spacial score (nSPS) is 27.4. The number of urea groups is 1. The summed E-state index contributed by atoms with van der Waals surface area (Å²) in [6.45, 7) is 2.71. The monoisotopic (exact) mass is 383 g/mol. The minimum atomic E-state index is -0.747. The van der Waals surface area contributed by atoms with E-state index in [9.17, 15) is 19.2 Å². The summed E-state index contributed by atoms with van der Waals surface area (Å²) in [6, 6.07) is 5.59. The number of carbonyl (C=O) groups excluding carboxylic acids is 4. The highest BCUT2D eigenvalue weighted by Gasteiger charge is 2.43. The van der Waals surface area contributed by atoms with E-state index in [1.807, 2.05) is 6.07 Å². The van der Waals surface area contributed by atoms with Gasteiger partial charge in [-0.3, -0.25) is 24.6 Å². The van der Waals surface area contributed by atoms with Gasteiger partial charge in [0.15, 0.2) is 0 Å². The maximum Gasteiger partial charge on any atom is 0.343 e. The predicted molar refractivity (Wildman–Crippen MR) is 97.0 cm³/mol. The molecule has 0 radical (unpaired) electrons. The number of fused-ring (bicyclic) bond motifs is 3. The minimum absolute atomic E-state index is 0.00707. The lowest BCUT2D eigenvalue weighted by Crippen LogP contribution is -2.58. The molecule has 1 aromatic carbocycles. The maximum absolute atomic E-state index is 12.9. The van der Waals surface area contributed by atoms with E-state index < -0.39 is 23.8 Å². The Morgan fingerprint density at radius 3 is 2.39 bits per heavy atom. The van der Waals surface area contributed by atoms with Gasteiger partial charge in [-0.25, -0.2) is 9.80 Å². The molecular formula is C19H21N5O4. The summed E-state index contributed by atoms with van der Waals surface area (Å²) < 4.78 is 0. The Morgan fingerprint density at radius 2 is 1.68 bits per heavy atom. The topological polar surface area (TPSA) is 102 Å². The molecule has 3 fully saturated rings. The third-order valence-electron chi connectivity index (χ3n) is 6.10. The molecule has 0 spiro atoms. The van der Waals surface area contributed by atoms with Crippen molar-refractivity contribution in [3.8, 4) is 0 Å². The van der Waals surface area contributed by atoms with Crippen molar-refractivity contribution in [3.05, 3.63) is 34.9 Å². The Bertz CT molecular complexity index is 884. The lowest BCUT2D eigenvalue weighted by molar-refractivity contribution is -0.122. The molecule has 146 valence electrons. The van der Waals surface area contributed by atoms with Gasteiger partial charge in [-0.15, -0.1) is 0 Å². The van der Waals surface area contributed by atoms with Crippen LogP contribution in [0.2, 0.25) is 0 Å². The first-order valence-electron chi connectivity index (χ1n) is 9.62. The largest absolute Gasteiger partial charge is 0.343 e. The summed E-state index contributed by atoms with van der Waals surface area (Å²) in [5, 5.41) is 7.47. The molecule has 5 amide bonds. The number of hydrogen-bond acceptors (Lipinski definition) is 6. The number of hydrazine groups is 1. The zero-order valence-corrected chi connectivity index (χ0v) is 15.3. The number of nitrogens with one attached hydrogen (secondary N) is 2. The zero-order chi connectivity index (χ0) is 19.4. The summed E-state index contributed by atoms with van der Waals surface area (Å²) in [6.07, 6.45) is 2.41. The van der Waals surface area contributed by atoms with Crippen molar-refractivity contribution < 1.29 is 19.2 Å². The number of nitrogens with zero attached hydrogens (tertiary/aromatic N) is 3. The number of piperazine rings is 1. The number of rotatable bonds is 3. The molecule has 4 aliphatic heterocycles. The van der Waals surface area contributed by atoms with Gasteiger partial charge in [-0.05, 0) is 30.5 Å². The average Bonchev–Trinajstić information content (AvgIpc) is 3.03. The summed E-state index contributed by atoms with van der Waals surface area (Å²) in [4.78, 5) is 51.5. The second kappa shape index (κ2) is 6.39. The van der Waals surface area contributed by atoms with Crippen LogP contribution < -0.4 is 10.6 Å². The third kappa shape index (κ3) is 2.61. The van der Waals surface area contributed by atoms with Gasteiger partial charge in [0.25, 0.3) is 11.8 Å². The molecule has 1 aromatic rings. The fraction of sp³-hybridized carbons (Fsp3) is 0.474. The standard InChI is InChI=1S/C19H21N5O4/c25-16-5-6-23(19(28)21-16)24-17(26)14-4-1-11(7-15(14)18(24)27)10-22-12-2-3-13(22)9-20-8-12/h1,4,7,12-13,20H,2-3,5-6,8-10H2,(H,21,25,28). The van der Waals surface area contributed by atoms with Crippen LogP contribution in [0, 0.1) is 0 Å². The van der Waals surface area contributed by atoms with Gasteiger partial charge in [0.05, 0.1) is 17.7 Å². The van der Waals surface area contributed by atoms with Gasteiger partial charge in [-0.2, -0.15) is 5.01 Å². The average molecular weight is 383 g/mol. The fourth-order valence-electron chi connectivity index (χ4n) is 4.68. The van der Waals surface area contributed by atoms with Crippen LogP contribution in [-0.4, -0.2) is 70.4 Å². The summed E-state index contributed by atoms with van der Waals surface area (Å²) in [5.74, 6) is -1.46. The third-order valence-corrected chi connectivity index (χ3v) is 6.10. The van der Waals surface area contributed by atoms with E-state index in [1.165, 1.54) is 12.8 Å². The highest BCUT2D eigenvalue weighted by atomic mass is 16.2. The highest BCUT2D eigenvalue weighted by molar-refractivity contribution is 6.22. The molecule has 4 aliphatic rings. The van der Waals surface area contributed by atoms with Crippen LogP contribution in [0.1, 0.15) is 45.5 Å². The fourth-order valence-corrected chi connectivity index (χ4v) is 4.68. The number of hydrogen-bond donors (Lipinski definition) is 2. The molecule has 4 heterocycles. The van der Waals surface area contributed by atoms with E-state index in [4.69, 9.17) is 0 Å². The van der Waals surface area contributed by atoms with E-state index in [0.29, 0.717) is 23.2 Å². The van der Waals surface area contributed by atoms with E-state index in [0.717, 1.165) is 35.2 Å². The molecule has 9 nitrogen and oxygen atoms in total. The summed E-state index contributed by atoms with van der Waals surface area (Å²) in [7, 11) is 0. The summed E-state index contributed by atoms with van der Waals surface area (Å²) in [5.41, 5.74) is 1.59. The number of carbonyl (C=O) groups is 4. The van der Waals surface area contributed by atoms with E-state index >= 15 is 0 Å². The second-order valence-corrected chi connectivity index (χ2v) is 7.74. The molecule has 5 rings (SSSR count). The zero-order valence-electron chi connectivity index (χ0n) is 15.3. The number of benzene rings is 1. The van der Waals surface area contributed by atoms with Crippen molar-refractivity contribution in [2.45, 2.75) is 37.9 Å². The van der Waals surface area contributed by atoms with Gasteiger partial charge < -0.3 is 5.32 Å². The van der Waals surface area contributed by atoms with Crippen molar-refractivity contribution in [1.82, 2.24) is 25.6 Å². The van der Waals surface area contributed by atoms with Crippen molar-refractivity contribution in [3.63, 3.8) is 0 Å². The first kappa shape index (κ1) is 17.3. The van der Waals surface area contributed by atoms with Gasteiger partial charge in [0.2, 0.25) is 5.91 Å². The van der Waals surface area contributed by atoms with Crippen molar-refractivity contribution >= 4 is 23.8 Å². The van der Waals surface area contributed by atoms with Gasteiger partial charge in [0.1, 0.15) is 0 Å². The van der Waals surface area contributed by atoms with Crippen molar-refractivity contribution in [2.75, 3.05) is 19.6 Å². The first-order valence-corrected chi connectivity index (χ1v) is 9.62. The van der Waals surface area contributed by atoms with Crippen molar-refractivity contribution in [2.24, 2.45) is 0 Å². The minimum Gasteiger partial charge on any atom is -0.314 e. The van der Waals surface area contributed by atoms with Crippen LogP contribution in [0.15, 0.2) is 18.2 Å². The van der Waals surface area contributed by atoms with Gasteiger partial charge >= 0.3 is 6.03 Å². The summed E-state index contributed by atoms with van der Waals surface area (Å²) >= 11 is 0. The van der Waals surface area contributed by atoms with E-state index in [1.54, 1.807) is 12.1 Å². The molecule has 3 saturated heterocycles. The molecule has 0 aromatic heterocycles. The van der Waals surface area contributed by atoms with Crippen LogP contribution in [-0.2, 0) is 11.3 Å². The maximum atomic E-state index is 12.9. The quantitative estimate of drug-likeness (QED) is 0.717. The van der Waals surface area contributed by atoms with Crippen LogP contribution >= 0.6 is 0 Å². The van der Waals surface area contributed by atoms with E-state index in [-0.39, 0.29) is 13.0 Å².